The van der Waals surface area contributed by atoms with Crippen molar-refractivity contribution in [2.75, 3.05) is 7.11 Å². The molecule has 0 fully saturated rings. The van der Waals surface area contributed by atoms with E-state index in [0.29, 0.717) is 31.2 Å². The summed E-state index contributed by atoms with van der Waals surface area (Å²) in [5.41, 5.74) is 1.53. The summed E-state index contributed by atoms with van der Waals surface area (Å²) in [6, 6.07) is 19.1. The number of nitrogens with one attached hydrogen (secondary N) is 1. The first-order valence-electron chi connectivity index (χ1n) is 9.43. The van der Waals surface area contributed by atoms with Crippen molar-refractivity contribution in [3.05, 3.63) is 97.7 Å². The smallest absolute Gasteiger partial charge is 0.352 e. The summed E-state index contributed by atoms with van der Waals surface area (Å²) in [4.78, 5) is 24.1. The summed E-state index contributed by atoms with van der Waals surface area (Å²) in [5.74, 6) is -0.813. The highest BCUT2D eigenvalue weighted by Crippen LogP contribution is 2.35. The fourth-order valence-corrected chi connectivity index (χ4v) is 3.84. The zero-order valence-electron chi connectivity index (χ0n) is 17.0. The summed E-state index contributed by atoms with van der Waals surface area (Å²) in [6.45, 7) is 0.287. The molecule has 0 radical (unpaired) electrons. The van der Waals surface area contributed by atoms with Gasteiger partial charge in [0.1, 0.15) is 12.3 Å². The molecule has 3 rings (SSSR count). The highest BCUT2D eigenvalue weighted by Gasteiger charge is 2.16. The normalized spacial score (nSPS) is 11.0. The molecule has 164 valence electrons. The summed E-state index contributed by atoms with van der Waals surface area (Å²) in [6.07, 6.45) is 1.37. The van der Waals surface area contributed by atoms with Gasteiger partial charge in [0.15, 0.2) is 11.5 Å². The van der Waals surface area contributed by atoms with Gasteiger partial charge in [-0.15, -0.1) is 0 Å². The molecule has 0 bridgehead atoms. The molecule has 1 amide bonds. The number of carbonyl (C=O) groups is 2. The number of ether oxygens (including phenoxy) is 2. The fraction of sp³-hybridized carbons (Fsp3) is 0.0833. The van der Waals surface area contributed by atoms with Crippen LogP contribution in [0.1, 0.15) is 21.5 Å². The maximum atomic E-state index is 12.4. The highest BCUT2D eigenvalue weighted by molar-refractivity contribution is 14.1. The molecule has 2 N–H and O–H groups in total. The lowest BCUT2D eigenvalue weighted by Gasteiger charge is -2.14. The van der Waals surface area contributed by atoms with Gasteiger partial charge in [-0.05, 0) is 76.2 Å². The molecule has 0 aliphatic heterocycles. The highest BCUT2D eigenvalue weighted by atomic mass is 127. The van der Waals surface area contributed by atoms with Crippen molar-refractivity contribution in [3.63, 3.8) is 0 Å². The molecule has 3 aromatic rings. The summed E-state index contributed by atoms with van der Waals surface area (Å²) in [5, 5.41) is 12.6. The van der Waals surface area contributed by atoms with Gasteiger partial charge in [0.25, 0.3) is 5.91 Å². The van der Waals surface area contributed by atoms with E-state index in [1.165, 1.54) is 13.2 Å². The van der Waals surface area contributed by atoms with Crippen LogP contribution in [0.15, 0.2) is 72.4 Å². The zero-order valence-corrected chi connectivity index (χ0v) is 19.9. The lowest BCUT2D eigenvalue weighted by molar-refractivity contribution is -0.132. The molecule has 6 nitrogen and oxygen atoms in total. The Morgan fingerprint density at radius 3 is 2.50 bits per heavy atom. The fourth-order valence-electron chi connectivity index (χ4n) is 2.85. The van der Waals surface area contributed by atoms with Crippen LogP contribution in [0.25, 0.3) is 6.08 Å². The van der Waals surface area contributed by atoms with Gasteiger partial charge in [-0.1, -0.05) is 41.9 Å². The van der Waals surface area contributed by atoms with Crippen LogP contribution in [0.4, 0.5) is 0 Å². The van der Waals surface area contributed by atoms with Crippen LogP contribution in [0.3, 0.4) is 0 Å². The van der Waals surface area contributed by atoms with Crippen LogP contribution >= 0.6 is 34.2 Å². The Balaban J connectivity index is 1.84. The topological polar surface area (TPSA) is 84.9 Å². The molecular weight excluding hydrogens is 545 g/mol. The van der Waals surface area contributed by atoms with E-state index in [0.717, 1.165) is 5.56 Å². The first kappa shape index (κ1) is 23.6. The Morgan fingerprint density at radius 1 is 1.09 bits per heavy atom. The third kappa shape index (κ3) is 6.24. The first-order valence-corrected chi connectivity index (χ1v) is 10.9. The van der Waals surface area contributed by atoms with Gasteiger partial charge >= 0.3 is 5.97 Å². The molecule has 0 atom stereocenters. The SMILES string of the molecule is COc1cc(C=C(NC(=O)c2ccccc2)C(=O)O)cc(I)c1OCc1cccc(Cl)c1. The Bertz CT molecular complexity index is 1160. The Kier molecular flexibility index (Phi) is 8.13. The van der Waals surface area contributed by atoms with Crippen molar-refractivity contribution in [1.29, 1.82) is 0 Å². The molecule has 32 heavy (non-hydrogen) atoms. The van der Waals surface area contributed by atoms with Crippen molar-refractivity contribution < 1.29 is 24.2 Å². The third-order valence-electron chi connectivity index (χ3n) is 4.35. The number of carboxylic acid groups (broad SMARTS) is 1. The van der Waals surface area contributed by atoms with E-state index in [4.69, 9.17) is 21.1 Å². The molecule has 0 aliphatic rings. The first-order chi connectivity index (χ1) is 15.4. The number of methoxy groups -OCH3 is 1. The van der Waals surface area contributed by atoms with E-state index in [1.54, 1.807) is 48.5 Å². The number of aliphatic carboxylic acids is 1. The van der Waals surface area contributed by atoms with Crippen molar-refractivity contribution in [3.8, 4) is 11.5 Å². The molecule has 0 aromatic heterocycles. The maximum Gasteiger partial charge on any atom is 0.352 e. The molecule has 3 aromatic carbocycles. The van der Waals surface area contributed by atoms with Crippen LogP contribution in [-0.4, -0.2) is 24.1 Å². The van der Waals surface area contributed by atoms with Crippen LogP contribution in [0, 0.1) is 3.57 Å². The second-order valence-electron chi connectivity index (χ2n) is 6.64. The molecule has 8 heteroatoms. The van der Waals surface area contributed by atoms with Crippen molar-refractivity contribution in [2.45, 2.75) is 6.61 Å². The van der Waals surface area contributed by atoms with E-state index in [-0.39, 0.29) is 12.3 Å². The lowest BCUT2D eigenvalue weighted by Crippen LogP contribution is -2.27. The van der Waals surface area contributed by atoms with E-state index >= 15 is 0 Å². The van der Waals surface area contributed by atoms with E-state index in [2.05, 4.69) is 27.9 Å². The van der Waals surface area contributed by atoms with E-state index < -0.39 is 11.9 Å². The molecule has 0 unspecified atom stereocenters. The number of hydrogen-bond donors (Lipinski definition) is 2. The van der Waals surface area contributed by atoms with Crippen molar-refractivity contribution >= 4 is 52.1 Å². The van der Waals surface area contributed by atoms with Crippen molar-refractivity contribution in [2.24, 2.45) is 0 Å². The van der Waals surface area contributed by atoms with Gasteiger partial charge in [0.2, 0.25) is 0 Å². The monoisotopic (exact) mass is 563 g/mol. The van der Waals surface area contributed by atoms with Gasteiger partial charge < -0.3 is 19.9 Å². The standard InChI is InChI=1S/C24H19ClINO5/c1-31-21-13-16(11-19(26)22(21)32-14-15-6-5-9-18(25)10-15)12-20(24(29)30)27-23(28)17-7-3-2-4-8-17/h2-13H,14H2,1H3,(H,27,28)(H,29,30). The Morgan fingerprint density at radius 2 is 1.84 bits per heavy atom. The van der Waals surface area contributed by atoms with Gasteiger partial charge in [0, 0.05) is 10.6 Å². The van der Waals surface area contributed by atoms with Gasteiger partial charge in [-0.25, -0.2) is 4.79 Å². The molecule has 0 spiro atoms. The van der Waals surface area contributed by atoms with Crippen molar-refractivity contribution in [1.82, 2.24) is 5.32 Å². The lowest BCUT2D eigenvalue weighted by atomic mass is 10.1. The molecular formula is C24H19ClINO5. The minimum atomic E-state index is -1.26. The van der Waals surface area contributed by atoms with Crippen LogP contribution in [0.2, 0.25) is 5.02 Å². The van der Waals surface area contributed by atoms with Crippen LogP contribution < -0.4 is 14.8 Å². The van der Waals surface area contributed by atoms with Crippen LogP contribution in [-0.2, 0) is 11.4 Å². The quantitative estimate of drug-likeness (QED) is 0.284. The number of carbonyl (C=O) groups excluding carboxylic acids is 1. The summed E-state index contributed by atoms with van der Waals surface area (Å²) < 4.78 is 12.1. The van der Waals surface area contributed by atoms with Crippen LogP contribution in [0.5, 0.6) is 11.5 Å². The Hall–Kier alpha value is -3.04. The number of rotatable bonds is 8. The van der Waals surface area contributed by atoms with Gasteiger partial charge in [-0.2, -0.15) is 0 Å². The Labute approximate surface area is 204 Å². The number of benzene rings is 3. The average molecular weight is 564 g/mol. The predicted molar refractivity (Wildman–Crippen MR) is 131 cm³/mol. The second-order valence-corrected chi connectivity index (χ2v) is 8.23. The summed E-state index contributed by atoms with van der Waals surface area (Å²) in [7, 11) is 1.50. The largest absolute Gasteiger partial charge is 0.493 e. The predicted octanol–water partition coefficient (Wildman–Crippen LogP) is 5.39. The average Bonchev–Trinajstić information content (AvgIpc) is 2.78. The minimum absolute atomic E-state index is 0.260. The maximum absolute atomic E-state index is 12.4. The third-order valence-corrected chi connectivity index (χ3v) is 5.39. The number of halogens is 2. The van der Waals surface area contributed by atoms with Gasteiger partial charge in [0.05, 0.1) is 10.7 Å². The minimum Gasteiger partial charge on any atom is -0.493 e. The number of carboxylic acids is 1. The number of hydrogen-bond acceptors (Lipinski definition) is 4. The molecule has 0 aliphatic carbocycles. The summed E-state index contributed by atoms with van der Waals surface area (Å²) >= 11 is 8.11. The van der Waals surface area contributed by atoms with Gasteiger partial charge in [-0.3, -0.25) is 4.79 Å². The van der Waals surface area contributed by atoms with E-state index in [1.807, 2.05) is 18.2 Å². The molecule has 0 saturated heterocycles. The molecule has 0 heterocycles. The molecule has 0 saturated carbocycles. The zero-order chi connectivity index (χ0) is 23.1. The van der Waals surface area contributed by atoms with E-state index in [9.17, 15) is 14.7 Å². The number of amides is 1. The second kappa shape index (κ2) is 11.0.